The summed E-state index contributed by atoms with van der Waals surface area (Å²) in [5.41, 5.74) is 9.58. The molecule has 4 aromatic heterocycles. The molecule has 7 N–H and O–H groups in total. The van der Waals surface area contributed by atoms with Crippen molar-refractivity contribution in [3.05, 3.63) is 64.3 Å². The Morgan fingerprint density at radius 2 is 1.13 bits per heavy atom. The number of rotatable bonds is 6. The normalized spacial score (nSPS) is 10.4. The number of fused-ring (bicyclic) bond motifs is 2. The third-order valence-electron chi connectivity index (χ3n) is 5.76. The number of hydrogen-bond acceptors (Lipinski definition) is 12. The van der Waals surface area contributed by atoms with Gasteiger partial charge in [0.05, 0.1) is 10.8 Å². The first-order chi connectivity index (χ1) is 22.5. The number of thioether (sulfide) groups is 2. The number of carbonyl (C=O) groups excluding carboxylic acids is 2. The molecule has 0 bridgehead atoms. The van der Waals surface area contributed by atoms with Gasteiger partial charge in [-0.1, -0.05) is 11.6 Å². The molecule has 0 aliphatic heterocycles. The minimum absolute atomic E-state index is 0.0743. The number of nitrogens with zero attached hydrogens (tertiary/aromatic N) is 6. The number of hydrogen-bond donors (Lipinski definition) is 6. The van der Waals surface area contributed by atoms with E-state index in [2.05, 4.69) is 56.3 Å². The Morgan fingerprint density at radius 1 is 0.681 bits per heavy atom. The Morgan fingerprint density at radius 3 is 1.64 bits per heavy atom. The molecule has 0 aliphatic rings. The average molecular weight is 734 g/mol. The Labute approximate surface area is 291 Å². The Bertz CT molecular complexity index is 2010. The highest BCUT2D eigenvalue weighted by Gasteiger charge is 2.15. The van der Waals surface area contributed by atoms with Gasteiger partial charge >= 0.3 is 0 Å². The van der Waals surface area contributed by atoms with Crippen LogP contribution in [-0.2, 0) is 9.59 Å². The summed E-state index contributed by atoms with van der Waals surface area (Å²) in [6, 6.07) is 14.3. The Kier molecular flexibility index (Phi) is 12.4. The van der Waals surface area contributed by atoms with Gasteiger partial charge in [-0.05, 0) is 84.2 Å². The van der Waals surface area contributed by atoms with Crippen molar-refractivity contribution in [1.29, 1.82) is 0 Å². The van der Waals surface area contributed by atoms with Crippen LogP contribution < -0.4 is 21.7 Å². The summed E-state index contributed by atoms with van der Waals surface area (Å²) >= 11 is 20.4. The van der Waals surface area contributed by atoms with E-state index in [-0.39, 0.29) is 22.4 Å². The van der Waals surface area contributed by atoms with E-state index >= 15 is 0 Å². The average Bonchev–Trinajstić information content (AvgIpc) is 3.63. The molecule has 4 heterocycles. The van der Waals surface area contributed by atoms with Crippen LogP contribution in [0.25, 0.3) is 22.1 Å². The number of amides is 2. The molecule has 47 heavy (non-hydrogen) atoms. The number of nitrogens with two attached hydrogens (primary N) is 1. The molecule has 0 fully saturated rings. The first kappa shape index (κ1) is 35.5. The van der Waals surface area contributed by atoms with Crippen molar-refractivity contribution in [1.82, 2.24) is 40.3 Å². The highest BCUT2D eigenvalue weighted by molar-refractivity contribution is 7.99. The molecule has 6 aromatic rings. The first-order valence-corrected chi connectivity index (χ1v) is 16.9. The number of aromatic nitrogens is 8. The molecule has 0 atom stereocenters. The smallest absolute Gasteiger partial charge is 0.226 e. The van der Waals surface area contributed by atoms with Gasteiger partial charge in [-0.15, -0.1) is 23.5 Å². The van der Waals surface area contributed by atoms with Crippen molar-refractivity contribution >= 4 is 121 Å². The summed E-state index contributed by atoms with van der Waals surface area (Å²) in [4.78, 5) is 37.7. The lowest BCUT2D eigenvalue weighted by Gasteiger charge is -2.09. The predicted molar refractivity (Wildman–Crippen MR) is 191 cm³/mol. The van der Waals surface area contributed by atoms with E-state index in [1.54, 1.807) is 36.4 Å². The number of H-pyrrole nitrogens is 2. The predicted octanol–water partition coefficient (Wildman–Crippen LogP) is 7.04. The molecule has 0 saturated carbocycles. The highest BCUT2D eigenvalue weighted by Crippen LogP contribution is 2.31. The van der Waals surface area contributed by atoms with Crippen LogP contribution in [0.1, 0.15) is 13.8 Å². The van der Waals surface area contributed by atoms with E-state index in [0.29, 0.717) is 28.0 Å². The summed E-state index contributed by atoms with van der Waals surface area (Å²) in [5.74, 6) is 0.387. The van der Waals surface area contributed by atoms with E-state index in [4.69, 9.17) is 40.5 Å². The van der Waals surface area contributed by atoms with Gasteiger partial charge in [0.1, 0.15) is 21.0 Å². The summed E-state index contributed by atoms with van der Waals surface area (Å²) in [7, 11) is 0. The summed E-state index contributed by atoms with van der Waals surface area (Å²) < 4.78 is 0. The molecule has 2 aromatic carbocycles. The topological polar surface area (TPSA) is 205 Å². The number of carbonyl (C=O) groups is 2. The quantitative estimate of drug-likeness (QED) is 0.0441. The maximum Gasteiger partial charge on any atom is 0.226 e. The van der Waals surface area contributed by atoms with Crippen LogP contribution in [-0.4, -0.2) is 64.7 Å². The van der Waals surface area contributed by atoms with E-state index in [1.165, 1.54) is 37.4 Å². The van der Waals surface area contributed by atoms with E-state index < -0.39 is 0 Å². The van der Waals surface area contributed by atoms with Gasteiger partial charge in [-0.3, -0.25) is 19.8 Å². The lowest BCUT2D eigenvalue weighted by Crippen LogP contribution is -2.05. The van der Waals surface area contributed by atoms with Gasteiger partial charge in [-0.2, -0.15) is 25.1 Å². The molecule has 0 saturated heterocycles. The molecule has 244 valence electrons. The minimum atomic E-state index is -0.113. The number of aromatic amines is 2. The van der Waals surface area contributed by atoms with Crippen LogP contribution in [0.3, 0.4) is 0 Å². The maximum atomic E-state index is 11.0. The fourth-order valence-electron chi connectivity index (χ4n) is 3.85. The largest absolute Gasteiger partial charge is 0.399 e. The van der Waals surface area contributed by atoms with Gasteiger partial charge in [-0.25, -0.2) is 4.98 Å². The second kappa shape index (κ2) is 16.5. The number of anilines is 5. The van der Waals surface area contributed by atoms with Crippen LogP contribution in [0.5, 0.6) is 0 Å². The molecule has 0 aliphatic carbocycles. The maximum absolute atomic E-state index is 11.0. The number of nitrogens with one attached hydrogen (secondary N) is 5. The molecule has 0 unspecified atom stereocenters. The summed E-state index contributed by atoms with van der Waals surface area (Å²) in [5, 5.41) is 26.0. The van der Waals surface area contributed by atoms with Crippen LogP contribution >= 0.6 is 58.3 Å². The zero-order valence-electron chi connectivity index (χ0n) is 25.1. The van der Waals surface area contributed by atoms with Crippen LogP contribution in [0.15, 0.2) is 58.6 Å². The summed E-state index contributed by atoms with van der Waals surface area (Å²) in [6.45, 7) is 2.94. The first-order valence-electron chi connectivity index (χ1n) is 13.3. The third kappa shape index (κ3) is 9.82. The zero-order chi connectivity index (χ0) is 34.1. The van der Waals surface area contributed by atoms with Gasteiger partial charge < -0.3 is 21.7 Å². The van der Waals surface area contributed by atoms with E-state index in [1.807, 2.05) is 24.6 Å². The SMILES string of the molecule is CC(=O)Nc1ccc(N)cc1.CSc1n[nH]c2nc(Cl)nc(Cl)c12.CSc1n[nH]c2nc(Cl)nc(Nc3ccc(NC(C)=O)cc3)c12. The second-order valence-electron chi connectivity index (χ2n) is 9.22. The Hall–Kier alpha value is -4.35. The number of halogens is 3. The van der Waals surface area contributed by atoms with Gasteiger partial charge in [0.2, 0.25) is 22.4 Å². The molecular weight excluding hydrogens is 707 g/mol. The van der Waals surface area contributed by atoms with Crippen molar-refractivity contribution in [3.63, 3.8) is 0 Å². The molecule has 14 nitrogen and oxygen atoms in total. The monoisotopic (exact) mass is 732 g/mol. The fourth-order valence-corrected chi connectivity index (χ4v) is 5.61. The zero-order valence-corrected chi connectivity index (χ0v) is 29.0. The van der Waals surface area contributed by atoms with Crippen LogP contribution in [0, 0.1) is 0 Å². The van der Waals surface area contributed by atoms with Gasteiger partial charge in [0.15, 0.2) is 11.3 Å². The molecule has 0 spiro atoms. The van der Waals surface area contributed by atoms with E-state index in [9.17, 15) is 9.59 Å². The third-order valence-corrected chi connectivity index (χ3v) is 7.74. The number of benzene rings is 2. The van der Waals surface area contributed by atoms with Crippen molar-refractivity contribution in [2.45, 2.75) is 23.9 Å². The highest BCUT2D eigenvalue weighted by atomic mass is 35.5. The van der Waals surface area contributed by atoms with Crippen molar-refractivity contribution in [2.24, 2.45) is 0 Å². The lowest BCUT2D eigenvalue weighted by molar-refractivity contribution is -0.115. The van der Waals surface area contributed by atoms with Crippen LogP contribution in [0.4, 0.5) is 28.6 Å². The summed E-state index contributed by atoms with van der Waals surface area (Å²) in [6.07, 6.45) is 3.83. The minimum Gasteiger partial charge on any atom is -0.399 e. The Balaban J connectivity index is 0.000000176. The molecule has 0 radical (unpaired) electrons. The van der Waals surface area contributed by atoms with Crippen molar-refractivity contribution in [2.75, 3.05) is 34.2 Å². The van der Waals surface area contributed by atoms with Gasteiger partial charge in [0, 0.05) is 36.6 Å². The molecule has 6 rings (SSSR count). The second-order valence-corrected chi connectivity index (χ2v) is 11.8. The fraction of sp³-hybridized carbons (Fsp3) is 0.143. The number of nitrogen functional groups attached to an aromatic ring is 1. The molecule has 19 heteroatoms. The van der Waals surface area contributed by atoms with Gasteiger partial charge in [0.25, 0.3) is 0 Å². The molecule has 2 amide bonds. The standard InChI is InChI=1S/C14H13ClN6OS.C8H10N2O.C6H4Cl2N4S/c1-7(22)16-8-3-5-9(6-4-8)17-11-10-12(19-14(15)18-11)20-21-13(10)23-2;1-6(11)10-8-4-2-7(9)3-5-8;1-13-5-2-3(7)9-6(8)10-4(2)11-12-5/h3-6H,1-2H3,(H,16,22)(H2,17,18,19,20,21);2-5H,9H2,1H3,(H,10,11);1H3,(H,9,10,11,12). The molecular formula is C28H27Cl3N12O2S2. The van der Waals surface area contributed by atoms with Crippen molar-refractivity contribution < 1.29 is 9.59 Å². The lowest BCUT2D eigenvalue weighted by atomic mass is 10.2. The van der Waals surface area contributed by atoms with Crippen molar-refractivity contribution in [3.8, 4) is 0 Å². The van der Waals surface area contributed by atoms with E-state index in [0.717, 1.165) is 37.9 Å². The van der Waals surface area contributed by atoms with Crippen LogP contribution in [0.2, 0.25) is 15.7 Å².